The highest BCUT2D eigenvalue weighted by Crippen LogP contribution is 2.28. The number of rotatable bonds is 4. The molecule has 0 aliphatic rings. The lowest BCUT2D eigenvalue weighted by Crippen LogP contribution is -2.01. The van der Waals surface area contributed by atoms with Crippen LogP contribution in [0.1, 0.15) is 0 Å². The Balaban J connectivity index is 2.50. The summed E-state index contributed by atoms with van der Waals surface area (Å²) < 4.78 is 5.23. The van der Waals surface area contributed by atoms with Crippen LogP contribution < -0.4 is 4.74 Å². The molecule has 2 aromatic carbocycles. The number of benzene rings is 2. The van der Waals surface area contributed by atoms with Crippen molar-refractivity contribution in [2.45, 2.75) is 0 Å². The van der Waals surface area contributed by atoms with Crippen LogP contribution in [0.25, 0.3) is 10.8 Å². The van der Waals surface area contributed by atoms with Crippen molar-refractivity contribution in [3.8, 4) is 5.75 Å². The number of nitro benzene ring substituents is 1. The SMILES string of the molecule is O=[N+]([O-])c1cccc2ccc(OCCO)cc12. The molecule has 0 saturated heterocycles. The molecule has 1 N–H and O–H groups in total. The summed E-state index contributed by atoms with van der Waals surface area (Å²) in [7, 11) is 0. The predicted molar refractivity (Wildman–Crippen MR) is 63.2 cm³/mol. The summed E-state index contributed by atoms with van der Waals surface area (Å²) in [4.78, 5) is 10.4. The molecule has 0 unspecified atom stereocenters. The molecule has 0 bridgehead atoms. The lowest BCUT2D eigenvalue weighted by atomic mass is 10.1. The fraction of sp³-hybridized carbons (Fsp3) is 0.167. The maximum absolute atomic E-state index is 10.9. The first-order valence-corrected chi connectivity index (χ1v) is 5.13. The maximum Gasteiger partial charge on any atom is 0.277 e. The second-order valence-electron chi connectivity index (χ2n) is 3.49. The molecule has 88 valence electrons. The van der Waals surface area contributed by atoms with Crippen LogP contribution in [0.5, 0.6) is 5.75 Å². The number of hydrogen-bond donors (Lipinski definition) is 1. The van der Waals surface area contributed by atoms with E-state index in [1.807, 2.05) is 0 Å². The summed E-state index contributed by atoms with van der Waals surface area (Å²) in [6.45, 7) is 0.0844. The van der Waals surface area contributed by atoms with E-state index < -0.39 is 4.92 Å². The number of nitro groups is 1. The Morgan fingerprint density at radius 3 is 2.82 bits per heavy atom. The highest BCUT2D eigenvalue weighted by molar-refractivity contribution is 5.91. The van der Waals surface area contributed by atoms with Gasteiger partial charge in [0.15, 0.2) is 0 Å². The van der Waals surface area contributed by atoms with Crippen LogP contribution in [-0.4, -0.2) is 23.2 Å². The molecule has 0 fully saturated rings. The Morgan fingerprint density at radius 1 is 1.29 bits per heavy atom. The summed E-state index contributed by atoms with van der Waals surface area (Å²) in [6, 6.07) is 10.0. The van der Waals surface area contributed by atoms with Crippen LogP contribution in [0, 0.1) is 10.1 Å². The Labute approximate surface area is 97.4 Å². The molecule has 0 atom stereocenters. The van der Waals surface area contributed by atoms with E-state index in [-0.39, 0.29) is 18.9 Å². The van der Waals surface area contributed by atoms with E-state index in [0.717, 1.165) is 5.39 Å². The van der Waals surface area contributed by atoms with Gasteiger partial charge in [-0.05, 0) is 17.5 Å². The predicted octanol–water partition coefficient (Wildman–Crippen LogP) is 2.12. The largest absolute Gasteiger partial charge is 0.491 e. The van der Waals surface area contributed by atoms with Gasteiger partial charge in [-0.15, -0.1) is 0 Å². The van der Waals surface area contributed by atoms with E-state index in [1.165, 1.54) is 6.07 Å². The first-order valence-electron chi connectivity index (χ1n) is 5.13. The number of aliphatic hydroxyl groups is 1. The van der Waals surface area contributed by atoms with Gasteiger partial charge in [0, 0.05) is 6.07 Å². The number of non-ortho nitro benzene ring substituents is 1. The number of ether oxygens (including phenoxy) is 1. The molecule has 0 radical (unpaired) electrons. The van der Waals surface area contributed by atoms with Crippen molar-refractivity contribution in [1.29, 1.82) is 0 Å². The quantitative estimate of drug-likeness (QED) is 0.648. The normalized spacial score (nSPS) is 10.4. The first kappa shape index (κ1) is 11.3. The van der Waals surface area contributed by atoms with Gasteiger partial charge in [-0.1, -0.05) is 18.2 Å². The molecular formula is C12H11NO4. The molecular weight excluding hydrogens is 222 g/mol. The summed E-state index contributed by atoms with van der Waals surface area (Å²) in [5.41, 5.74) is 0.0527. The van der Waals surface area contributed by atoms with Crippen LogP contribution in [0.15, 0.2) is 36.4 Å². The molecule has 0 amide bonds. The minimum Gasteiger partial charge on any atom is -0.491 e. The van der Waals surface area contributed by atoms with Gasteiger partial charge in [0.25, 0.3) is 5.69 Å². The van der Waals surface area contributed by atoms with Crippen LogP contribution in [-0.2, 0) is 0 Å². The first-order chi connectivity index (χ1) is 8.22. The summed E-state index contributed by atoms with van der Waals surface area (Å²) in [5, 5.41) is 20.8. The standard InChI is InChI=1S/C12H11NO4/c14-6-7-17-10-5-4-9-2-1-3-12(13(15)16)11(9)8-10/h1-5,8,14H,6-7H2. The summed E-state index contributed by atoms with van der Waals surface area (Å²) >= 11 is 0. The summed E-state index contributed by atoms with van der Waals surface area (Å²) in [5.74, 6) is 0.515. The van der Waals surface area contributed by atoms with Gasteiger partial charge >= 0.3 is 0 Å². The van der Waals surface area contributed by atoms with E-state index in [1.54, 1.807) is 30.3 Å². The van der Waals surface area contributed by atoms with Gasteiger partial charge in [0.05, 0.1) is 16.9 Å². The minimum atomic E-state index is -0.418. The lowest BCUT2D eigenvalue weighted by Gasteiger charge is -2.05. The second-order valence-corrected chi connectivity index (χ2v) is 3.49. The molecule has 0 aliphatic carbocycles. The molecule has 0 heterocycles. The van der Waals surface area contributed by atoms with E-state index >= 15 is 0 Å². The van der Waals surface area contributed by atoms with Crippen molar-refractivity contribution in [1.82, 2.24) is 0 Å². The van der Waals surface area contributed by atoms with E-state index in [4.69, 9.17) is 9.84 Å². The average Bonchev–Trinajstić information content (AvgIpc) is 2.35. The zero-order chi connectivity index (χ0) is 12.3. The van der Waals surface area contributed by atoms with E-state index in [9.17, 15) is 10.1 Å². The third-order valence-electron chi connectivity index (χ3n) is 2.39. The molecule has 0 spiro atoms. The molecule has 2 aromatic rings. The van der Waals surface area contributed by atoms with E-state index in [0.29, 0.717) is 11.1 Å². The van der Waals surface area contributed by atoms with Crippen molar-refractivity contribution >= 4 is 16.5 Å². The number of nitrogens with zero attached hydrogens (tertiary/aromatic N) is 1. The smallest absolute Gasteiger partial charge is 0.277 e. The monoisotopic (exact) mass is 233 g/mol. The van der Waals surface area contributed by atoms with Crippen LogP contribution >= 0.6 is 0 Å². The van der Waals surface area contributed by atoms with Crippen LogP contribution in [0.2, 0.25) is 0 Å². The van der Waals surface area contributed by atoms with E-state index in [2.05, 4.69) is 0 Å². The molecule has 0 aromatic heterocycles. The lowest BCUT2D eigenvalue weighted by molar-refractivity contribution is -0.383. The Morgan fingerprint density at radius 2 is 2.12 bits per heavy atom. The topological polar surface area (TPSA) is 72.6 Å². The number of hydrogen-bond acceptors (Lipinski definition) is 4. The molecule has 0 aliphatic heterocycles. The minimum absolute atomic E-state index is 0.0527. The van der Waals surface area contributed by atoms with Crippen molar-refractivity contribution in [3.05, 3.63) is 46.5 Å². The molecule has 0 saturated carbocycles. The molecule has 5 nitrogen and oxygen atoms in total. The third kappa shape index (κ3) is 2.34. The fourth-order valence-corrected chi connectivity index (χ4v) is 1.65. The van der Waals surface area contributed by atoms with Crippen molar-refractivity contribution in [3.63, 3.8) is 0 Å². The zero-order valence-corrected chi connectivity index (χ0v) is 9.00. The molecule has 17 heavy (non-hydrogen) atoms. The number of fused-ring (bicyclic) bond motifs is 1. The van der Waals surface area contributed by atoms with Gasteiger partial charge in [-0.3, -0.25) is 10.1 Å². The van der Waals surface area contributed by atoms with Gasteiger partial charge in [0.2, 0.25) is 0 Å². The molecule has 5 heteroatoms. The molecule has 2 rings (SSSR count). The van der Waals surface area contributed by atoms with Crippen molar-refractivity contribution in [2.24, 2.45) is 0 Å². The van der Waals surface area contributed by atoms with Gasteiger partial charge in [-0.25, -0.2) is 0 Å². The Kier molecular flexibility index (Phi) is 3.20. The van der Waals surface area contributed by atoms with Crippen molar-refractivity contribution < 1.29 is 14.8 Å². The highest BCUT2D eigenvalue weighted by Gasteiger charge is 2.11. The number of aliphatic hydroxyl groups excluding tert-OH is 1. The Hall–Kier alpha value is -2.14. The second kappa shape index (κ2) is 4.80. The summed E-state index contributed by atoms with van der Waals surface area (Å²) in [6.07, 6.45) is 0. The van der Waals surface area contributed by atoms with Gasteiger partial charge in [-0.2, -0.15) is 0 Å². The van der Waals surface area contributed by atoms with Gasteiger partial charge in [0.1, 0.15) is 12.4 Å². The maximum atomic E-state index is 10.9. The van der Waals surface area contributed by atoms with Crippen molar-refractivity contribution in [2.75, 3.05) is 13.2 Å². The zero-order valence-electron chi connectivity index (χ0n) is 9.00. The average molecular weight is 233 g/mol. The van der Waals surface area contributed by atoms with Crippen LogP contribution in [0.3, 0.4) is 0 Å². The fourth-order valence-electron chi connectivity index (χ4n) is 1.65. The highest BCUT2D eigenvalue weighted by atomic mass is 16.6. The Bertz CT molecular complexity index is 553. The van der Waals surface area contributed by atoms with Crippen LogP contribution in [0.4, 0.5) is 5.69 Å². The van der Waals surface area contributed by atoms with Gasteiger partial charge < -0.3 is 9.84 Å². The third-order valence-corrected chi connectivity index (χ3v) is 2.39.